The Bertz CT molecular complexity index is 992. The molecule has 2 fully saturated rings. The van der Waals surface area contributed by atoms with Gasteiger partial charge in [0.1, 0.15) is 23.8 Å². The Kier molecular flexibility index (Phi) is 6.34. The summed E-state index contributed by atoms with van der Waals surface area (Å²) >= 11 is 0. The second-order valence-corrected chi connectivity index (χ2v) is 8.42. The zero-order chi connectivity index (χ0) is 21.8. The van der Waals surface area contributed by atoms with Gasteiger partial charge in [-0.3, -0.25) is 4.79 Å². The number of amides is 1. The molecule has 1 aliphatic carbocycles. The Hall–Kier alpha value is -3.16. The van der Waals surface area contributed by atoms with Gasteiger partial charge in [-0.1, -0.05) is 49.6 Å². The molecule has 0 unspecified atom stereocenters. The van der Waals surface area contributed by atoms with Crippen molar-refractivity contribution in [3.63, 3.8) is 0 Å². The highest BCUT2D eigenvalue weighted by molar-refractivity contribution is 6.00. The molecule has 1 amide bonds. The number of hydrogen-bond acceptors (Lipinski definition) is 6. The van der Waals surface area contributed by atoms with Crippen LogP contribution < -0.4 is 10.9 Å². The number of aromatic nitrogens is 2. The van der Waals surface area contributed by atoms with Crippen LogP contribution >= 0.6 is 0 Å². The SMILES string of the molecule is CC(=N)c1c(NC2CCCCC2)nc(C2CN(C(=O)OCc3ccccc3)C2)[nH]c1=O. The molecule has 2 aromatic rings. The molecule has 8 heteroatoms. The van der Waals surface area contributed by atoms with Crippen molar-refractivity contribution < 1.29 is 9.53 Å². The van der Waals surface area contributed by atoms with Gasteiger partial charge in [0, 0.05) is 24.8 Å². The van der Waals surface area contributed by atoms with Crippen LogP contribution in [0.25, 0.3) is 0 Å². The summed E-state index contributed by atoms with van der Waals surface area (Å²) in [4.78, 5) is 34.1. The molecule has 164 valence electrons. The molecule has 0 bridgehead atoms. The number of rotatable bonds is 6. The molecule has 1 saturated heterocycles. The van der Waals surface area contributed by atoms with E-state index in [2.05, 4.69) is 15.3 Å². The quantitative estimate of drug-likeness (QED) is 0.614. The van der Waals surface area contributed by atoms with Gasteiger partial charge in [0.25, 0.3) is 5.56 Å². The molecule has 2 aliphatic rings. The summed E-state index contributed by atoms with van der Waals surface area (Å²) in [6.45, 7) is 2.73. The summed E-state index contributed by atoms with van der Waals surface area (Å²) < 4.78 is 5.37. The van der Waals surface area contributed by atoms with Crippen molar-refractivity contribution in [2.75, 3.05) is 18.4 Å². The van der Waals surface area contributed by atoms with Crippen LogP contribution in [0, 0.1) is 5.41 Å². The fourth-order valence-corrected chi connectivity index (χ4v) is 4.19. The molecule has 1 saturated carbocycles. The van der Waals surface area contributed by atoms with Crippen molar-refractivity contribution in [1.29, 1.82) is 5.41 Å². The highest BCUT2D eigenvalue weighted by Crippen LogP contribution is 2.27. The lowest BCUT2D eigenvalue weighted by Crippen LogP contribution is -2.49. The van der Waals surface area contributed by atoms with Gasteiger partial charge in [0.15, 0.2) is 0 Å². The number of ether oxygens (including phenoxy) is 1. The average Bonchev–Trinajstić information content (AvgIpc) is 2.72. The first kappa shape index (κ1) is 21.1. The Balaban J connectivity index is 1.41. The topological polar surface area (TPSA) is 111 Å². The van der Waals surface area contributed by atoms with E-state index in [1.54, 1.807) is 11.8 Å². The first-order chi connectivity index (χ1) is 15.0. The third kappa shape index (κ3) is 4.95. The van der Waals surface area contributed by atoms with Gasteiger partial charge in [0.2, 0.25) is 0 Å². The standard InChI is InChI=1S/C23H29N5O3/c1-15(24)19-21(25-18-10-6-3-7-11-18)26-20(27-22(19)29)17-12-28(13-17)23(30)31-14-16-8-4-2-5-9-16/h2,4-5,8-9,17-18,24H,3,6-7,10-14H2,1H3,(H2,25,26,27,29). The van der Waals surface area contributed by atoms with Crippen LogP contribution in [0.4, 0.5) is 10.6 Å². The Labute approximate surface area is 181 Å². The summed E-state index contributed by atoms with van der Waals surface area (Å²) in [6.07, 6.45) is 5.29. The fraction of sp³-hybridized carbons (Fsp3) is 0.478. The van der Waals surface area contributed by atoms with E-state index in [-0.39, 0.29) is 35.9 Å². The molecular weight excluding hydrogens is 394 g/mol. The lowest BCUT2D eigenvalue weighted by molar-refractivity contribution is 0.0650. The van der Waals surface area contributed by atoms with E-state index in [0.717, 1.165) is 31.2 Å². The predicted molar refractivity (Wildman–Crippen MR) is 119 cm³/mol. The summed E-state index contributed by atoms with van der Waals surface area (Å²) in [5, 5.41) is 11.4. The van der Waals surface area contributed by atoms with E-state index < -0.39 is 0 Å². The Morgan fingerprint density at radius 1 is 1.23 bits per heavy atom. The third-order valence-corrected chi connectivity index (χ3v) is 5.99. The van der Waals surface area contributed by atoms with Crippen molar-refractivity contribution in [3.8, 4) is 0 Å². The Morgan fingerprint density at radius 3 is 2.61 bits per heavy atom. The minimum atomic E-state index is -0.366. The highest BCUT2D eigenvalue weighted by atomic mass is 16.6. The number of anilines is 1. The number of aromatic amines is 1. The molecule has 31 heavy (non-hydrogen) atoms. The van der Waals surface area contributed by atoms with E-state index in [9.17, 15) is 9.59 Å². The van der Waals surface area contributed by atoms with E-state index in [1.165, 1.54) is 6.42 Å². The number of carbonyl (C=O) groups is 1. The molecule has 1 aromatic heterocycles. The van der Waals surface area contributed by atoms with Crippen molar-refractivity contribution in [2.24, 2.45) is 0 Å². The lowest BCUT2D eigenvalue weighted by Gasteiger charge is -2.37. The molecule has 0 spiro atoms. The maximum absolute atomic E-state index is 12.7. The minimum Gasteiger partial charge on any atom is -0.445 e. The monoisotopic (exact) mass is 423 g/mol. The smallest absolute Gasteiger partial charge is 0.410 e. The van der Waals surface area contributed by atoms with Crippen LogP contribution in [-0.2, 0) is 11.3 Å². The van der Waals surface area contributed by atoms with E-state index in [1.807, 2.05) is 30.3 Å². The number of benzene rings is 1. The number of H-pyrrole nitrogens is 1. The second-order valence-electron chi connectivity index (χ2n) is 8.42. The van der Waals surface area contributed by atoms with Gasteiger partial charge >= 0.3 is 6.09 Å². The van der Waals surface area contributed by atoms with Crippen LogP contribution in [0.3, 0.4) is 0 Å². The number of nitrogens with zero attached hydrogens (tertiary/aromatic N) is 2. The molecule has 0 atom stereocenters. The number of carbonyl (C=O) groups excluding carboxylic acids is 1. The normalized spacial score (nSPS) is 17.1. The molecule has 8 nitrogen and oxygen atoms in total. The van der Waals surface area contributed by atoms with Gasteiger partial charge < -0.3 is 25.3 Å². The van der Waals surface area contributed by atoms with Crippen molar-refractivity contribution in [3.05, 3.63) is 57.6 Å². The Morgan fingerprint density at radius 2 is 1.94 bits per heavy atom. The van der Waals surface area contributed by atoms with Crippen molar-refractivity contribution >= 4 is 17.6 Å². The predicted octanol–water partition coefficient (Wildman–Crippen LogP) is 3.64. The van der Waals surface area contributed by atoms with Crippen LogP contribution in [-0.4, -0.2) is 45.8 Å². The summed E-state index contributed by atoms with van der Waals surface area (Å²) in [5.74, 6) is 0.993. The van der Waals surface area contributed by atoms with Gasteiger partial charge in [-0.2, -0.15) is 0 Å². The molecule has 2 heterocycles. The van der Waals surface area contributed by atoms with Gasteiger partial charge in [-0.15, -0.1) is 0 Å². The van der Waals surface area contributed by atoms with Crippen LogP contribution in [0.5, 0.6) is 0 Å². The maximum Gasteiger partial charge on any atom is 0.410 e. The molecule has 1 aliphatic heterocycles. The number of likely N-dealkylation sites (tertiary alicyclic amines) is 1. The van der Waals surface area contributed by atoms with E-state index >= 15 is 0 Å². The number of hydrogen-bond donors (Lipinski definition) is 3. The first-order valence-corrected chi connectivity index (χ1v) is 10.9. The largest absolute Gasteiger partial charge is 0.445 e. The van der Waals surface area contributed by atoms with Gasteiger partial charge in [-0.05, 0) is 25.3 Å². The molecular formula is C23H29N5O3. The summed E-state index contributed by atoms with van der Waals surface area (Å²) in [5.41, 5.74) is 1.13. The van der Waals surface area contributed by atoms with E-state index in [4.69, 9.17) is 10.1 Å². The molecule has 3 N–H and O–H groups in total. The van der Waals surface area contributed by atoms with Crippen LogP contribution in [0.15, 0.2) is 35.1 Å². The third-order valence-electron chi connectivity index (χ3n) is 5.99. The zero-order valence-electron chi connectivity index (χ0n) is 17.8. The average molecular weight is 424 g/mol. The number of nitrogens with one attached hydrogen (secondary N) is 3. The van der Waals surface area contributed by atoms with E-state index in [0.29, 0.717) is 30.3 Å². The van der Waals surface area contributed by atoms with Crippen LogP contribution in [0.1, 0.15) is 61.9 Å². The van der Waals surface area contributed by atoms with Gasteiger partial charge in [0.05, 0.1) is 5.92 Å². The summed E-state index contributed by atoms with van der Waals surface area (Å²) in [6, 6.07) is 9.83. The second kappa shape index (κ2) is 9.32. The fourth-order valence-electron chi connectivity index (χ4n) is 4.19. The van der Waals surface area contributed by atoms with Gasteiger partial charge in [-0.25, -0.2) is 9.78 Å². The molecule has 4 rings (SSSR count). The first-order valence-electron chi connectivity index (χ1n) is 10.9. The minimum absolute atomic E-state index is 0.0519. The molecule has 0 radical (unpaired) electrons. The highest BCUT2D eigenvalue weighted by Gasteiger charge is 2.35. The van der Waals surface area contributed by atoms with Crippen molar-refractivity contribution in [1.82, 2.24) is 14.9 Å². The van der Waals surface area contributed by atoms with Crippen LogP contribution in [0.2, 0.25) is 0 Å². The molecule has 1 aromatic carbocycles. The zero-order valence-corrected chi connectivity index (χ0v) is 17.8. The maximum atomic E-state index is 12.7. The summed E-state index contributed by atoms with van der Waals surface area (Å²) in [7, 11) is 0. The van der Waals surface area contributed by atoms with Crippen molar-refractivity contribution in [2.45, 2.75) is 57.6 Å². The lowest BCUT2D eigenvalue weighted by atomic mass is 9.95.